The number of nitrogen functional groups attached to an aromatic ring is 1. The Hall–Kier alpha value is -3.73. The lowest BCUT2D eigenvalue weighted by Crippen LogP contribution is -2.48. The van der Waals surface area contributed by atoms with Crippen molar-refractivity contribution in [2.45, 2.75) is 0 Å². The second-order valence-electron chi connectivity index (χ2n) is 7.52. The number of nitrogens with zero attached hydrogens (tertiary/aromatic N) is 6. The molecule has 0 spiro atoms. The molecule has 5 rings (SSSR count). The number of rotatable bonds is 6. The molecule has 0 atom stereocenters. The molecule has 0 bridgehead atoms. The van der Waals surface area contributed by atoms with Crippen LogP contribution in [0.1, 0.15) is 0 Å². The Morgan fingerprint density at radius 1 is 1.03 bits per heavy atom. The number of halogens is 2. The first-order valence-electron chi connectivity index (χ1n) is 10.3. The number of hydrogen-bond acceptors (Lipinski definition) is 8. The van der Waals surface area contributed by atoms with Crippen LogP contribution in [-0.4, -0.2) is 63.8 Å². The van der Waals surface area contributed by atoms with Crippen molar-refractivity contribution in [1.29, 1.82) is 0 Å². The van der Waals surface area contributed by atoms with E-state index in [2.05, 4.69) is 25.3 Å². The Bertz CT molecular complexity index is 1200. The molecule has 32 heavy (non-hydrogen) atoms. The first kappa shape index (κ1) is 20.2. The van der Waals surface area contributed by atoms with Crippen LogP contribution < -0.4 is 16.0 Å². The largest absolute Gasteiger partial charge is 0.461 e. The average Bonchev–Trinajstić information content (AvgIpc) is 3.45. The van der Waals surface area contributed by atoms with Gasteiger partial charge in [0.1, 0.15) is 29.0 Å². The summed E-state index contributed by atoms with van der Waals surface area (Å²) in [5, 5.41) is 7.58. The molecule has 4 heterocycles. The molecule has 0 radical (unpaired) electrons. The monoisotopic (exact) mass is 440 g/mol. The Kier molecular flexibility index (Phi) is 5.31. The average molecular weight is 440 g/mol. The Balaban J connectivity index is 1.17. The number of aromatic nitrogens is 4. The van der Waals surface area contributed by atoms with Crippen molar-refractivity contribution in [2.75, 3.05) is 55.2 Å². The normalized spacial score (nSPS) is 14.9. The summed E-state index contributed by atoms with van der Waals surface area (Å²) >= 11 is 0. The van der Waals surface area contributed by atoms with Gasteiger partial charge in [-0.15, -0.1) is 5.10 Å². The Morgan fingerprint density at radius 2 is 1.81 bits per heavy atom. The van der Waals surface area contributed by atoms with Gasteiger partial charge in [-0.2, -0.15) is 14.5 Å². The number of nitrogens with one attached hydrogen (secondary N) is 1. The van der Waals surface area contributed by atoms with E-state index in [9.17, 15) is 8.78 Å². The van der Waals surface area contributed by atoms with E-state index in [1.165, 1.54) is 22.7 Å². The third-order valence-electron chi connectivity index (χ3n) is 5.44. The van der Waals surface area contributed by atoms with E-state index in [4.69, 9.17) is 10.2 Å². The molecule has 9 nitrogen and oxygen atoms in total. The Morgan fingerprint density at radius 3 is 2.53 bits per heavy atom. The minimum atomic E-state index is -0.525. The third kappa shape index (κ3) is 3.94. The molecule has 0 saturated carbocycles. The lowest BCUT2D eigenvalue weighted by molar-refractivity contribution is 0.265. The van der Waals surface area contributed by atoms with Gasteiger partial charge < -0.3 is 20.4 Å². The van der Waals surface area contributed by atoms with Gasteiger partial charge in [0.15, 0.2) is 5.76 Å². The summed E-state index contributed by atoms with van der Waals surface area (Å²) in [6.45, 7) is 3.93. The van der Waals surface area contributed by atoms with Gasteiger partial charge >= 0.3 is 0 Å². The summed E-state index contributed by atoms with van der Waals surface area (Å²) in [7, 11) is 0. The smallest absolute Gasteiger partial charge is 0.256 e. The maximum absolute atomic E-state index is 14.0. The third-order valence-corrected chi connectivity index (χ3v) is 5.44. The quantitative estimate of drug-likeness (QED) is 0.472. The molecule has 0 unspecified atom stereocenters. The molecule has 1 aliphatic rings. The van der Waals surface area contributed by atoms with Gasteiger partial charge in [0.05, 0.1) is 6.26 Å². The fraction of sp³-hybridized carbons (Fsp3) is 0.286. The van der Waals surface area contributed by atoms with Crippen LogP contribution in [0, 0.1) is 11.6 Å². The van der Waals surface area contributed by atoms with Crippen LogP contribution in [0.2, 0.25) is 0 Å². The summed E-state index contributed by atoms with van der Waals surface area (Å²) in [5.41, 5.74) is 6.16. The van der Waals surface area contributed by atoms with Gasteiger partial charge in [-0.25, -0.2) is 8.78 Å². The number of hydrogen-bond donors (Lipinski definition) is 2. The molecule has 1 fully saturated rings. The van der Waals surface area contributed by atoms with Crippen LogP contribution in [0.3, 0.4) is 0 Å². The summed E-state index contributed by atoms with van der Waals surface area (Å²) in [6.07, 6.45) is 1.55. The summed E-state index contributed by atoms with van der Waals surface area (Å²) < 4.78 is 34.8. The van der Waals surface area contributed by atoms with Gasteiger partial charge in [-0.05, 0) is 24.3 Å². The Labute approximate surface area is 182 Å². The van der Waals surface area contributed by atoms with Crippen LogP contribution in [0.15, 0.2) is 47.1 Å². The second-order valence-corrected chi connectivity index (χ2v) is 7.52. The number of fused-ring (bicyclic) bond motifs is 1. The highest BCUT2D eigenvalue weighted by molar-refractivity contribution is 5.56. The number of piperazine rings is 1. The zero-order valence-corrected chi connectivity index (χ0v) is 17.2. The predicted molar refractivity (Wildman–Crippen MR) is 116 cm³/mol. The molecule has 1 aromatic carbocycles. The lowest BCUT2D eigenvalue weighted by atomic mass is 10.2. The summed E-state index contributed by atoms with van der Waals surface area (Å²) in [6, 6.07) is 9.19. The van der Waals surface area contributed by atoms with Crippen molar-refractivity contribution < 1.29 is 13.2 Å². The molecule has 1 aliphatic heterocycles. The van der Waals surface area contributed by atoms with E-state index in [0.29, 0.717) is 61.7 Å². The molecule has 0 aliphatic carbocycles. The topological polar surface area (TPSA) is 101 Å². The minimum Gasteiger partial charge on any atom is -0.461 e. The van der Waals surface area contributed by atoms with Gasteiger partial charge in [0, 0.05) is 45.3 Å². The van der Waals surface area contributed by atoms with Crippen LogP contribution >= 0.6 is 0 Å². The van der Waals surface area contributed by atoms with E-state index >= 15 is 0 Å². The van der Waals surface area contributed by atoms with E-state index < -0.39 is 11.6 Å². The highest BCUT2D eigenvalue weighted by atomic mass is 19.1. The van der Waals surface area contributed by atoms with Crippen LogP contribution in [0.25, 0.3) is 17.4 Å². The van der Waals surface area contributed by atoms with Crippen molar-refractivity contribution in [3.63, 3.8) is 0 Å². The minimum absolute atomic E-state index is 0.0560. The molecule has 3 aromatic heterocycles. The van der Waals surface area contributed by atoms with E-state index in [0.717, 1.165) is 6.54 Å². The number of benzene rings is 1. The maximum Gasteiger partial charge on any atom is 0.256 e. The molecular weight excluding hydrogens is 418 g/mol. The number of nitrogens with two attached hydrogens (primary N) is 1. The zero-order chi connectivity index (χ0) is 22.1. The molecular formula is C21H22F2N8O. The zero-order valence-electron chi connectivity index (χ0n) is 17.2. The molecule has 4 aromatic rings. The molecule has 3 N–H and O–H groups in total. The molecule has 166 valence electrons. The summed E-state index contributed by atoms with van der Waals surface area (Å²) in [4.78, 5) is 12.8. The number of furan rings is 1. The van der Waals surface area contributed by atoms with Crippen LogP contribution in [0.5, 0.6) is 0 Å². The van der Waals surface area contributed by atoms with Crippen molar-refractivity contribution in [2.24, 2.45) is 0 Å². The second kappa shape index (κ2) is 8.42. The van der Waals surface area contributed by atoms with Gasteiger partial charge in [0.2, 0.25) is 5.82 Å². The highest BCUT2D eigenvalue weighted by Crippen LogP contribution is 2.24. The van der Waals surface area contributed by atoms with Crippen molar-refractivity contribution in [1.82, 2.24) is 24.5 Å². The molecule has 0 amide bonds. The van der Waals surface area contributed by atoms with Crippen LogP contribution in [0.4, 0.5) is 26.1 Å². The van der Waals surface area contributed by atoms with E-state index in [1.807, 2.05) is 0 Å². The standard InChI is InChI=1S/C21H22F2N8O/c22-14-3-1-4-15(23)19(14)30-10-8-29(9-11-30)7-6-25-18-13-17(24)31-21(26-18)27-20(28-31)16-5-2-12-32-16/h1-5,12-13H,6-11,24H2,(H,25,26,27,28). The van der Waals surface area contributed by atoms with Crippen molar-refractivity contribution in [3.05, 3.63) is 54.3 Å². The molecule has 1 saturated heterocycles. The van der Waals surface area contributed by atoms with Gasteiger partial charge in [-0.1, -0.05) is 6.07 Å². The fourth-order valence-corrected chi connectivity index (χ4v) is 3.82. The van der Waals surface area contributed by atoms with Crippen molar-refractivity contribution >= 4 is 23.1 Å². The number of anilines is 3. The first-order valence-corrected chi connectivity index (χ1v) is 10.3. The lowest BCUT2D eigenvalue weighted by Gasteiger charge is -2.36. The predicted octanol–water partition coefficient (Wildman–Crippen LogP) is 2.48. The maximum atomic E-state index is 14.0. The van der Waals surface area contributed by atoms with Crippen LogP contribution in [-0.2, 0) is 0 Å². The van der Waals surface area contributed by atoms with Crippen molar-refractivity contribution in [3.8, 4) is 11.6 Å². The number of para-hydroxylation sites is 1. The SMILES string of the molecule is Nc1cc(NCCN2CCN(c3c(F)cccc3F)CC2)nc2nc(-c3ccco3)nn12. The van der Waals surface area contributed by atoms with Gasteiger partial charge in [-0.3, -0.25) is 4.90 Å². The van der Waals surface area contributed by atoms with E-state index in [-0.39, 0.29) is 5.69 Å². The fourth-order valence-electron chi connectivity index (χ4n) is 3.82. The van der Waals surface area contributed by atoms with E-state index in [1.54, 1.807) is 29.4 Å². The summed E-state index contributed by atoms with van der Waals surface area (Å²) in [5.74, 6) is 1.28. The highest BCUT2D eigenvalue weighted by Gasteiger charge is 2.22. The first-order chi connectivity index (χ1) is 15.6. The van der Waals surface area contributed by atoms with Gasteiger partial charge in [0.25, 0.3) is 5.78 Å². The molecule has 11 heteroatoms.